The van der Waals surface area contributed by atoms with Crippen molar-refractivity contribution in [1.29, 1.82) is 0 Å². The lowest BCUT2D eigenvalue weighted by Crippen LogP contribution is -2.10. The molecule has 1 aromatic heterocycles. The van der Waals surface area contributed by atoms with Crippen LogP contribution in [0.5, 0.6) is 5.75 Å². The molecule has 1 atom stereocenters. The van der Waals surface area contributed by atoms with Crippen LogP contribution in [0, 0.1) is 0 Å². The van der Waals surface area contributed by atoms with Gasteiger partial charge in [-0.25, -0.2) is 4.98 Å². The Kier molecular flexibility index (Phi) is 4.33. The molecule has 18 heavy (non-hydrogen) atoms. The van der Waals surface area contributed by atoms with Crippen molar-refractivity contribution in [1.82, 2.24) is 10.3 Å². The van der Waals surface area contributed by atoms with Gasteiger partial charge in [0.25, 0.3) is 0 Å². The minimum atomic E-state index is 0.363. The van der Waals surface area contributed by atoms with Gasteiger partial charge in [0.15, 0.2) is 0 Å². The van der Waals surface area contributed by atoms with E-state index in [2.05, 4.69) is 29.4 Å². The van der Waals surface area contributed by atoms with Crippen molar-refractivity contribution in [3.63, 3.8) is 0 Å². The molecule has 4 heteroatoms. The molecule has 1 heterocycles. The van der Waals surface area contributed by atoms with Crippen molar-refractivity contribution in [2.75, 3.05) is 14.2 Å². The largest absolute Gasteiger partial charge is 0.497 e. The molecule has 0 fully saturated rings. The third kappa shape index (κ3) is 3.09. The van der Waals surface area contributed by atoms with E-state index in [9.17, 15) is 0 Å². The molecule has 0 aliphatic heterocycles. The molecule has 1 aromatic carbocycles. The summed E-state index contributed by atoms with van der Waals surface area (Å²) in [4.78, 5) is 5.75. The van der Waals surface area contributed by atoms with Gasteiger partial charge >= 0.3 is 0 Å². The van der Waals surface area contributed by atoms with E-state index in [1.54, 1.807) is 18.4 Å². The van der Waals surface area contributed by atoms with Gasteiger partial charge in [0.2, 0.25) is 0 Å². The SMILES string of the molecule is CNC(C)c1cnc(Cc2cccc(OC)c2)s1. The van der Waals surface area contributed by atoms with Crippen LogP contribution in [0.4, 0.5) is 0 Å². The number of aromatic nitrogens is 1. The quantitative estimate of drug-likeness (QED) is 0.899. The lowest BCUT2D eigenvalue weighted by atomic mass is 10.1. The number of nitrogens with zero attached hydrogens (tertiary/aromatic N) is 1. The predicted molar refractivity (Wildman–Crippen MR) is 75.4 cm³/mol. The molecule has 0 radical (unpaired) electrons. The number of benzene rings is 1. The molecule has 0 bridgehead atoms. The van der Waals surface area contributed by atoms with Crippen LogP contribution in [0.1, 0.15) is 28.4 Å². The van der Waals surface area contributed by atoms with E-state index in [0.717, 1.165) is 17.2 Å². The van der Waals surface area contributed by atoms with Crippen LogP contribution in [0.3, 0.4) is 0 Å². The van der Waals surface area contributed by atoms with Gasteiger partial charge in [-0.1, -0.05) is 12.1 Å². The molecule has 1 unspecified atom stereocenters. The second-order valence-corrected chi connectivity index (χ2v) is 5.34. The van der Waals surface area contributed by atoms with E-state index in [0.29, 0.717) is 6.04 Å². The monoisotopic (exact) mass is 262 g/mol. The summed E-state index contributed by atoms with van der Waals surface area (Å²) in [7, 11) is 3.65. The van der Waals surface area contributed by atoms with Crippen LogP contribution in [0.25, 0.3) is 0 Å². The van der Waals surface area contributed by atoms with Crippen LogP contribution < -0.4 is 10.1 Å². The fraction of sp³-hybridized carbons (Fsp3) is 0.357. The van der Waals surface area contributed by atoms with Crippen LogP contribution in [0.2, 0.25) is 0 Å². The zero-order chi connectivity index (χ0) is 13.0. The van der Waals surface area contributed by atoms with Crippen molar-refractivity contribution < 1.29 is 4.74 Å². The lowest BCUT2D eigenvalue weighted by molar-refractivity contribution is 0.414. The van der Waals surface area contributed by atoms with Gasteiger partial charge in [-0.3, -0.25) is 0 Å². The first-order chi connectivity index (χ1) is 8.72. The first-order valence-corrected chi connectivity index (χ1v) is 6.79. The maximum atomic E-state index is 5.23. The Labute approximate surface area is 112 Å². The van der Waals surface area contributed by atoms with Crippen molar-refractivity contribution in [3.8, 4) is 5.75 Å². The van der Waals surface area contributed by atoms with E-state index in [4.69, 9.17) is 4.74 Å². The van der Waals surface area contributed by atoms with Gasteiger partial charge in [-0.05, 0) is 31.7 Å². The topological polar surface area (TPSA) is 34.2 Å². The summed E-state index contributed by atoms with van der Waals surface area (Å²) in [5, 5.41) is 4.37. The summed E-state index contributed by atoms with van der Waals surface area (Å²) in [6.45, 7) is 2.14. The Morgan fingerprint density at radius 2 is 2.28 bits per heavy atom. The number of methoxy groups -OCH3 is 1. The van der Waals surface area contributed by atoms with E-state index in [1.807, 2.05) is 25.4 Å². The zero-order valence-corrected chi connectivity index (χ0v) is 11.8. The van der Waals surface area contributed by atoms with Gasteiger partial charge in [0.1, 0.15) is 5.75 Å². The van der Waals surface area contributed by atoms with E-state index >= 15 is 0 Å². The molecule has 3 nitrogen and oxygen atoms in total. The lowest BCUT2D eigenvalue weighted by Gasteiger charge is -2.05. The minimum absolute atomic E-state index is 0.363. The Hall–Kier alpha value is -1.39. The molecular weight excluding hydrogens is 244 g/mol. The zero-order valence-electron chi connectivity index (χ0n) is 10.9. The van der Waals surface area contributed by atoms with Gasteiger partial charge in [0, 0.05) is 23.5 Å². The molecular formula is C14H18N2OS. The summed E-state index contributed by atoms with van der Waals surface area (Å²) < 4.78 is 5.23. The summed E-state index contributed by atoms with van der Waals surface area (Å²) in [5.41, 5.74) is 1.23. The maximum Gasteiger partial charge on any atom is 0.119 e. The average Bonchev–Trinajstić information content (AvgIpc) is 2.86. The maximum absolute atomic E-state index is 5.23. The van der Waals surface area contributed by atoms with Gasteiger partial charge in [-0.15, -0.1) is 11.3 Å². The number of hydrogen-bond acceptors (Lipinski definition) is 4. The molecule has 2 rings (SSSR count). The molecule has 0 saturated heterocycles. The smallest absolute Gasteiger partial charge is 0.119 e. The minimum Gasteiger partial charge on any atom is -0.497 e. The number of nitrogens with one attached hydrogen (secondary N) is 1. The summed E-state index contributed by atoms with van der Waals surface area (Å²) >= 11 is 1.76. The molecule has 2 aromatic rings. The van der Waals surface area contributed by atoms with Gasteiger partial charge in [-0.2, -0.15) is 0 Å². The van der Waals surface area contributed by atoms with E-state index in [1.165, 1.54) is 10.4 Å². The normalized spacial score (nSPS) is 12.4. The molecule has 0 aliphatic rings. The molecule has 0 aliphatic carbocycles. The molecule has 0 spiro atoms. The Balaban J connectivity index is 2.11. The van der Waals surface area contributed by atoms with Gasteiger partial charge in [0.05, 0.1) is 12.1 Å². The van der Waals surface area contributed by atoms with Crippen LogP contribution >= 0.6 is 11.3 Å². The molecule has 96 valence electrons. The fourth-order valence-corrected chi connectivity index (χ4v) is 2.72. The van der Waals surface area contributed by atoms with Crippen LogP contribution in [0.15, 0.2) is 30.5 Å². The third-order valence-corrected chi connectivity index (χ3v) is 4.10. The Morgan fingerprint density at radius 3 is 3.00 bits per heavy atom. The first-order valence-electron chi connectivity index (χ1n) is 5.97. The average molecular weight is 262 g/mol. The second-order valence-electron chi connectivity index (χ2n) is 4.20. The van der Waals surface area contributed by atoms with Crippen LogP contribution in [-0.2, 0) is 6.42 Å². The van der Waals surface area contributed by atoms with Crippen molar-refractivity contribution in [2.24, 2.45) is 0 Å². The second kappa shape index (κ2) is 5.98. The van der Waals surface area contributed by atoms with Crippen molar-refractivity contribution in [3.05, 3.63) is 45.9 Å². The van der Waals surface area contributed by atoms with E-state index in [-0.39, 0.29) is 0 Å². The fourth-order valence-electron chi connectivity index (χ4n) is 1.71. The first kappa shape index (κ1) is 13.1. The number of hydrogen-bond donors (Lipinski definition) is 1. The highest BCUT2D eigenvalue weighted by molar-refractivity contribution is 7.11. The Morgan fingerprint density at radius 1 is 1.44 bits per heavy atom. The number of ether oxygens (including phenoxy) is 1. The Bertz CT molecular complexity index is 510. The van der Waals surface area contributed by atoms with Crippen LogP contribution in [-0.4, -0.2) is 19.1 Å². The summed E-state index contributed by atoms with van der Waals surface area (Å²) in [6, 6.07) is 8.49. The predicted octanol–water partition coefficient (Wildman–Crippen LogP) is 3.02. The number of thiazole rings is 1. The highest BCUT2D eigenvalue weighted by Crippen LogP contribution is 2.23. The summed E-state index contributed by atoms with van der Waals surface area (Å²) in [6.07, 6.45) is 2.82. The van der Waals surface area contributed by atoms with Gasteiger partial charge < -0.3 is 10.1 Å². The molecule has 1 N–H and O–H groups in total. The van der Waals surface area contributed by atoms with Crippen molar-refractivity contribution in [2.45, 2.75) is 19.4 Å². The van der Waals surface area contributed by atoms with E-state index < -0.39 is 0 Å². The highest BCUT2D eigenvalue weighted by Gasteiger charge is 2.08. The standard InChI is InChI=1S/C14H18N2OS/c1-10(15-2)13-9-16-14(18-13)8-11-5-4-6-12(7-11)17-3/h4-7,9-10,15H,8H2,1-3H3. The van der Waals surface area contributed by atoms with Crippen molar-refractivity contribution >= 4 is 11.3 Å². The summed E-state index contributed by atoms with van der Waals surface area (Å²) in [5.74, 6) is 0.896. The molecule has 0 amide bonds. The molecule has 0 saturated carbocycles. The number of rotatable bonds is 5. The third-order valence-electron chi connectivity index (χ3n) is 2.92. The highest BCUT2D eigenvalue weighted by atomic mass is 32.1.